The van der Waals surface area contributed by atoms with Gasteiger partial charge in [-0.05, 0) is 25.1 Å². The summed E-state index contributed by atoms with van der Waals surface area (Å²) in [6, 6.07) is 7.50. The van der Waals surface area contributed by atoms with Crippen LogP contribution < -0.4 is 4.74 Å². The van der Waals surface area contributed by atoms with E-state index in [1.807, 2.05) is 31.2 Å². The summed E-state index contributed by atoms with van der Waals surface area (Å²) in [6.07, 6.45) is -0.648. The summed E-state index contributed by atoms with van der Waals surface area (Å²) < 4.78 is 11.0. The number of halogens is 1. The first kappa shape index (κ1) is 11.3. The van der Waals surface area contributed by atoms with Gasteiger partial charge in [0, 0.05) is 0 Å². The second kappa shape index (κ2) is 4.76. The van der Waals surface area contributed by atoms with Crippen LogP contribution in [-0.2, 0) is 0 Å². The number of alkyl halides is 1. The van der Waals surface area contributed by atoms with Crippen LogP contribution in [0.3, 0.4) is 0 Å². The van der Waals surface area contributed by atoms with Crippen molar-refractivity contribution in [1.29, 1.82) is 0 Å². The van der Waals surface area contributed by atoms with E-state index >= 15 is 0 Å². The molecule has 1 aromatic carbocycles. The number of ether oxygens (including phenoxy) is 1. The molecule has 1 heterocycles. The molecule has 1 unspecified atom stereocenters. The number of hydrogen-bond acceptors (Lipinski definition) is 3. The van der Waals surface area contributed by atoms with Gasteiger partial charge in [-0.2, -0.15) is 0 Å². The lowest BCUT2D eigenvalue weighted by molar-refractivity contribution is 0.126. The fourth-order valence-corrected chi connectivity index (χ4v) is 1.61. The first-order chi connectivity index (χ1) is 7.70. The summed E-state index contributed by atoms with van der Waals surface area (Å²) in [6.45, 7) is 2.07. The molecule has 1 aromatic heterocycles. The Balaban J connectivity index is 2.23. The van der Waals surface area contributed by atoms with Crippen LogP contribution in [0, 0.1) is 6.92 Å². The summed E-state index contributed by atoms with van der Waals surface area (Å²) in [5, 5.41) is 10.2. The Hall–Kier alpha value is -1.19. The van der Waals surface area contributed by atoms with E-state index in [1.165, 1.54) is 0 Å². The maximum Gasteiger partial charge on any atom is 0.137 e. The van der Waals surface area contributed by atoms with E-state index in [9.17, 15) is 5.11 Å². The van der Waals surface area contributed by atoms with Gasteiger partial charge in [0.1, 0.15) is 29.8 Å². The normalized spacial score (nSPS) is 12.9. The molecule has 0 saturated heterocycles. The van der Waals surface area contributed by atoms with Crippen molar-refractivity contribution in [2.45, 2.75) is 13.0 Å². The Morgan fingerprint density at radius 1 is 1.50 bits per heavy atom. The van der Waals surface area contributed by atoms with Gasteiger partial charge >= 0.3 is 0 Å². The van der Waals surface area contributed by atoms with Gasteiger partial charge in [-0.3, -0.25) is 0 Å². The smallest absolute Gasteiger partial charge is 0.137 e. The van der Waals surface area contributed by atoms with Crippen molar-refractivity contribution in [3.63, 3.8) is 0 Å². The van der Waals surface area contributed by atoms with Crippen LogP contribution in [0.2, 0.25) is 0 Å². The highest BCUT2D eigenvalue weighted by Crippen LogP contribution is 2.28. The van der Waals surface area contributed by atoms with Crippen molar-refractivity contribution in [1.82, 2.24) is 0 Å². The predicted octanol–water partition coefficient (Wildman–Crippen LogP) is 2.72. The van der Waals surface area contributed by atoms with Crippen LogP contribution in [0.25, 0.3) is 11.0 Å². The molecular formula is C12H13ClO3. The monoisotopic (exact) mass is 240 g/mol. The fraction of sp³-hybridized carbons (Fsp3) is 0.333. The molecule has 4 heteroatoms. The molecule has 2 rings (SSSR count). The van der Waals surface area contributed by atoms with E-state index in [2.05, 4.69) is 0 Å². The number of furan rings is 1. The van der Waals surface area contributed by atoms with E-state index < -0.39 is 6.10 Å². The minimum absolute atomic E-state index is 0.167. The molecule has 0 fully saturated rings. The highest BCUT2D eigenvalue weighted by molar-refractivity contribution is 6.18. The van der Waals surface area contributed by atoms with Crippen molar-refractivity contribution in [2.75, 3.05) is 12.5 Å². The minimum atomic E-state index is -0.648. The fourth-order valence-electron chi connectivity index (χ4n) is 1.52. The largest absolute Gasteiger partial charge is 0.490 e. The van der Waals surface area contributed by atoms with Crippen LogP contribution in [0.15, 0.2) is 28.7 Å². The Morgan fingerprint density at radius 3 is 3.06 bits per heavy atom. The van der Waals surface area contributed by atoms with Crippen molar-refractivity contribution in [3.8, 4) is 5.75 Å². The molecular weight excluding hydrogens is 228 g/mol. The standard InChI is InChI=1S/C12H13ClO3/c1-8-5-10-11(15-7-9(14)6-13)3-2-4-12(10)16-8/h2-5,9,14H,6-7H2,1H3. The van der Waals surface area contributed by atoms with Gasteiger partial charge in [0.25, 0.3) is 0 Å². The third-order valence-corrected chi connectivity index (χ3v) is 2.61. The zero-order valence-electron chi connectivity index (χ0n) is 8.94. The van der Waals surface area contributed by atoms with Crippen LogP contribution in [0.1, 0.15) is 5.76 Å². The summed E-state index contributed by atoms with van der Waals surface area (Å²) in [5.74, 6) is 1.71. The van der Waals surface area contributed by atoms with Gasteiger partial charge in [0.05, 0.1) is 11.3 Å². The van der Waals surface area contributed by atoms with Crippen molar-refractivity contribution >= 4 is 22.6 Å². The number of rotatable bonds is 4. The summed E-state index contributed by atoms with van der Waals surface area (Å²) in [5.41, 5.74) is 0.787. The molecule has 86 valence electrons. The number of aryl methyl sites for hydroxylation is 1. The average molecular weight is 241 g/mol. The third kappa shape index (κ3) is 2.31. The molecule has 0 spiro atoms. The lowest BCUT2D eigenvalue weighted by Gasteiger charge is -2.09. The zero-order chi connectivity index (χ0) is 11.5. The average Bonchev–Trinajstić information content (AvgIpc) is 2.66. The summed E-state index contributed by atoms with van der Waals surface area (Å²) in [7, 11) is 0. The molecule has 0 aliphatic rings. The Labute approximate surface area is 98.6 Å². The van der Waals surface area contributed by atoms with Gasteiger partial charge in [-0.15, -0.1) is 11.6 Å². The van der Waals surface area contributed by atoms with Crippen molar-refractivity contribution < 1.29 is 14.3 Å². The molecule has 0 radical (unpaired) electrons. The highest BCUT2D eigenvalue weighted by atomic mass is 35.5. The topological polar surface area (TPSA) is 42.6 Å². The molecule has 0 aliphatic heterocycles. The van der Waals surface area contributed by atoms with E-state index in [0.717, 1.165) is 16.7 Å². The third-order valence-electron chi connectivity index (χ3n) is 2.25. The summed E-state index contributed by atoms with van der Waals surface area (Å²) in [4.78, 5) is 0. The van der Waals surface area contributed by atoms with Crippen molar-refractivity contribution in [2.24, 2.45) is 0 Å². The van der Waals surface area contributed by atoms with Crippen LogP contribution >= 0.6 is 11.6 Å². The molecule has 2 aromatic rings. The van der Waals surface area contributed by atoms with E-state index in [4.69, 9.17) is 20.8 Å². The summed E-state index contributed by atoms with van der Waals surface area (Å²) >= 11 is 5.49. The Bertz CT molecular complexity index is 478. The SMILES string of the molecule is Cc1cc2c(OCC(O)CCl)cccc2o1. The number of aliphatic hydroxyl groups excluding tert-OH is 1. The van der Waals surface area contributed by atoms with Crippen LogP contribution in [-0.4, -0.2) is 23.7 Å². The Morgan fingerprint density at radius 2 is 2.31 bits per heavy atom. The molecule has 0 amide bonds. The van der Waals surface area contributed by atoms with Gasteiger partial charge in [-0.1, -0.05) is 6.07 Å². The molecule has 1 N–H and O–H groups in total. The van der Waals surface area contributed by atoms with E-state index in [-0.39, 0.29) is 12.5 Å². The van der Waals surface area contributed by atoms with E-state index in [0.29, 0.717) is 5.75 Å². The second-order valence-electron chi connectivity index (χ2n) is 3.64. The second-order valence-corrected chi connectivity index (χ2v) is 3.95. The number of benzene rings is 1. The maximum absolute atomic E-state index is 9.32. The van der Waals surface area contributed by atoms with Gasteiger partial charge in [0.15, 0.2) is 0 Å². The van der Waals surface area contributed by atoms with Crippen LogP contribution in [0.5, 0.6) is 5.75 Å². The number of hydrogen-bond donors (Lipinski definition) is 1. The molecule has 0 bridgehead atoms. The molecule has 0 saturated carbocycles. The number of fused-ring (bicyclic) bond motifs is 1. The minimum Gasteiger partial charge on any atom is -0.490 e. The quantitative estimate of drug-likeness (QED) is 0.836. The molecule has 16 heavy (non-hydrogen) atoms. The lowest BCUT2D eigenvalue weighted by atomic mass is 10.2. The molecule has 1 atom stereocenters. The zero-order valence-corrected chi connectivity index (χ0v) is 9.70. The lowest BCUT2D eigenvalue weighted by Crippen LogP contribution is -2.18. The first-order valence-electron chi connectivity index (χ1n) is 5.06. The van der Waals surface area contributed by atoms with E-state index in [1.54, 1.807) is 0 Å². The number of aliphatic hydroxyl groups is 1. The molecule has 3 nitrogen and oxygen atoms in total. The maximum atomic E-state index is 9.32. The first-order valence-corrected chi connectivity index (χ1v) is 5.60. The van der Waals surface area contributed by atoms with Gasteiger partial charge < -0.3 is 14.3 Å². The van der Waals surface area contributed by atoms with Crippen LogP contribution in [0.4, 0.5) is 0 Å². The Kier molecular flexibility index (Phi) is 3.36. The highest BCUT2D eigenvalue weighted by Gasteiger charge is 2.08. The molecule has 0 aliphatic carbocycles. The van der Waals surface area contributed by atoms with Gasteiger partial charge in [-0.25, -0.2) is 0 Å². The van der Waals surface area contributed by atoms with Gasteiger partial charge in [0.2, 0.25) is 0 Å². The predicted molar refractivity (Wildman–Crippen MR) is 63.2 cm³/mol. The van der Waals surface area contributed by atoms with Crippen molar-refractivity contribution in [3.05, 3.63) is 30.0 Å².